The summed E-state index contributed by atoms with van der Waals surface area (Å²) in [7, 11) is 0. The van der Waals surface area contributed by atoms with Crippen molar-refractivity contribution in [2.24, 2.45) is 11.8 Å². The Labute approximate surface area is 771 Å². The zero-order valence-corrected chi connectivity index (χ0v) is 75.2. The number of benzene rings is 11. The van der Waals surface area contributed by atoms with Crippen molar-refractivity contribution >= 4 is 0 Å². The van der Waals surface area contributed by atoms with Gasteiger partial charge in [-0.3, -0.25) is 0 Å². The van der Waals surface area contributed by atoms with Gasteiger partial charge in [-0.25, -0.2) is 0 Å². The molecule has 7 nitrogen and oxygen atoms in total. The molecule has 8 heteroatoms. The standard InChI is InChI=1S/C75H40O4.C45H52NO2.Ir/c1-6-10-14-18-22-26-46-76-72-38-30-60(31-39-72)66-53-67(61-32-40-73(41-33-61)77-47-27-23-19-15-11-7-2)56-70(55-66)64-50-59(5)51-65(52-64)71-57-68(62-34-42-74(43-35-62)78-48-28-24-20-16-12-8-3)54-69(58-71)63-36-44-75(45-37-63)79-49-29-25-21-17-13-9-4;1-5-9-14-34(7-3)32-47-43-23-19-36(20-24-43)40-29-41(37-21-25-44(26-22-37)48-33-35(8-4)15-10-6-2)31-42(30-40)38-16-13-17-39(28-38)45-18-11-12-27-46-45;/h1,3,30-45,50-58H,47,49H2,2,4-5H3;11-13,16,18-31,34-35H,5-10,14-15,32-33H2,1-4H3;/q;-1;. The molecule has 11 aromatic carbocycles. The van der Waals surface area contributed by atoms with Gasteiger partial charge < -0.3 is 33.4 Å². The van der Waals surface area contributed by atoms with Gasteiger partial charge >= 0.3 is 0 Å². The van der Waals surface area contributed by atoms with Gasteiger partial charge in [-0.1, -0.05) is 175 Å². The molecule has 0 saturated carbocycles. The van der Waals surface area contributed by atoms with Crippen LogP contribution < -0.4 is 28.4 Å². The van der Waals surface area contributed by atoms with Crippen molar-refractivity contribution in [3.8, 4) is 313 Å². The molecule has 12 aromatic rings. The maximum absolute atomic E-state index is 6.24. The van der Waals surface area contributed by atoms with Crippen molar-refractivity contribution in [2.45, 2.75) is 99.8 Å². The van der Waals surface area contributed by atoms with Gasteiger partial charge in [0.15, 0.2) is 0 Å². The first-order valence-electron chi connectivity index (χ1n) is 42.2. The summed E-state index contributed by atoms with van der Waals surface area (Å²) in [6.45, 7) is 16.5. The summed E-state index contributed by atoms with van der Waals surface area (Å²) >= 11 is 0. The van der Waals surface area contributed by atoms with E-state index in [0.29, 0.717) is 34.8 Å². The summed E-state index contributed by atoms with van der Waals surface area (Å²) < 4.78 is 35.6. The molecule has 1 aromatic heterocycles. The molecule has 0 fully saturated rings. The topological polar surface area (TPSA) is 68.3 Å². The fourth-order valence-corrected chi connectivity index (χ4v) is 13.6. The number of unbranched alkanes of at least 4 members (excludes halogenated alkanes) is 2. The smallest absolute Gasteiger partial charge is 0.150 e. The molecule has 623 valence electrons. The van der Waals surface area contributed by atoms with Crippen LogP contribution in [-0.2, 0) is 20.1 Å². The van der Waals surface area contributed by atoms with Crippen molar-refractivity contribution in [3.05, 3.63) is 273 Å². The molecule has 12 rings (SSSR count). The summed E-state index contributed by atoms with van der Waals surface area (Å²) in [4.78, 5) is 4.57. The van der Waals surface area contributed by atoms with Crippen molar-refractivity contribution < 1.29 is 48.5 Å². The van der Waals surface area contributed by atoms with Crippen LogP contribution in [0.15, 0.2) is 261 Å². The number of terminal acetylenes is 2. The van der Waals surface area contributed by atoms with Crippen LogP contribution in [-0.4, -0.2) is 31.4 Å². The molecular weight excluding hydrogens is 1740 g/mol. The van der Waals surface area contributed by atoms with Gasteiger partial charge in [-0.05, 0) is 386 Å². The van der Waals surface area contributed by atoms with Crippen LogP contribution >= 0.6 is 0 Å². The van der Waals surface area contributed by atoms with E-state index in [1.54, 1.807) is 13.8 Å². The average molecular weight is 1840 g/mol. The summed E-state index contributed by atoms with van der Waals surface area (Å²) in [5.74, 6) is 68.4. The fourth-order valence-electron chi connectivity index (χ4n) is 13.6. The number of pyridine rings is 1. The summed E-state index contributed by atoms with van der Waals surface area (Å²) in [6.07, 6.45) is 27.1. The van der Waals surface area contributed by atoms with Crippen LogP contribution in [0.4, 0.5) is 0 Å². The summed E-state index contributed by atoms with van der Waals surface area (Å²) in [5, 5.41) is 0. The Morgan fingerprint density at radius 1 is 0.320 bits per heavy atom. The summed E-state index contributed by atoms with van der Waals surface area (Å²) in [6, 6.07) is 91.0. The number of rotatable bonds is 30. The second-order valence-electron chi connectivity index (χ2n) is 29.2. The monoisotopic (exact) mass is 1840 g/mol. The molecule has 128 heavy (non-hydrogen) atoms. The van der Waals surface area contributed by atoms with Crippen LogP contribution in [0.2, 0.25) is 0 Å². The second-order valence-corrected chi connectivity index (χ2v) is 29.2. The van der Waals surface area contributed by atoms with E-state index < -0.39 is 0 Å². The van der Waals surface area contributed by atoms with E-state index in [1.807, 2.05) is 128 Å². The van der Waals surface area contributed by atoms with Crippen molar-refractivity contribution in [3.63, 3.8) is 0 Å². The molecule has 2 atom stereocenters. The number of hydrogen-bond acceptors (Lipinski definition) is 7. The average Bonchev–Trinajstić information content (AvgIpc) is 0.774. The zero-order valence-electron chi connectivity index (χ0n) is 72.9. The number of hydrogen-bond donors (Lipinski definition) is 0. The molecule has 0 saturated heterocycles. The molecule has 0 aliphatic heterocycles. The van der Waals surface area contributed by atoms with E-state index in [1.165, 1.54) is 38.5 Å². The Bertz CT molecular complexity index is 6380. The van der Waals surface area contributed by atoms with Crippen LogP contribution in [0.1, 0.15) is 98.5 Å². The first kappa shape index (κ1) is 94.1. The quantitative estimate of drug-likeness (QED) is 0.0328. The van der Waals surface area contributed by atoms with E-state index in [9.17, 15) is 0 Å². The van der Waals surface area contributed by atoms with Crippen LogP contribution in [0.25, 0.3) is 111 Å². The number of aromatic nitrogens is 1. The molecule has 0 aliphatic rings. The Morgan fingerprint density at radius 3 is 0.969 bits per heavy atom. The van der Waals surface area contributed by atoms with Gasteiger partial charge in [0.05, 0.1) is 13.2 Å². The van der Waals surface area contributed by atoms with E-state index in [2.05, 4.69) is 333 Å². The zero-order chi connectivity index (χ0) is 88.7. The normalized spacial score (nSPS) is 9.95. The maximum Gasteiger partial charge on any atom is 0.150 e. The van der Waals surface area contributed by atoms with E-state index >= 15 is 0 Å². The molecule has 0 N–H and O–H groups in total. The summed E-state index contributed by atoms with van der Waals surface area (Å²) in [5.41, 5.74) is 22.0. The van der Waals surface area contributed by atoms with Crippen LogP contribution in [0, 0.1) is 192 Å². The van der Waals surface area contributed by atoms with Crippen molar-refractivity contribution in [2.75, 3.05) is 26.4 Å². The molecule has 0 bridgehead atoms. The van der Waals surface area contributed by atoms with E-state index in [0.717, 1.165) is 155 Å². The van der Waals surface area contributed by atoms with Crippen molar-refractivity contribution in [1.82, 2.24) is 4.98 Å². The second kappa shape index (κ2) is 52.4. The van der Waals surface area contributed by atoms with E-state index in [4.69, 9.17) is 41.3 Å². The maximum atomic E-state index is 6.24. The molecular formula is C120H92IrNO6-. The predicted molar refractivity (Wildman–Crippen MR) is 521 cm³/mol. The first-order valence-corrected chi connectivity index (χ1v) is 42.2. The molecule has 1 heterocycles. The molecule has 0 aliphatic carbocycles. The third-order valence-corrected chi connectivity index (χ3v) is 20.3. The minimum Gasteiger partial charge on any atom is -0.493 e. The Morgan fingerprint density at radius 2 is 0.633 bits per heavy atom. The molecule has 1 radical (unpaired) electrons. The Hall–Kier alpha value is -16.1. The van der Waals surface area contributed by atoms with Crippen molar-refractivity contribution in [1.29, 1.82) is 0 Å². The third kappa shape index (κ3) is 30.1. The van der Waals surface area contributed by atoms with Gasteiger partial charge in [0, 0.05) is 61.8 Å². The minimum absolute atomic E-state index is 0. The molecule has 0 amide bonds. The van der Waals surface area contributed by atoms with Gasteiger partial charge in [0.25, 0.3) is 0 Å². The minimum atomic E-state index is 0. The number of aryl methyl sites for hydroxylation is 1. The SMILES string of the molecule is C#CC#CC#CC#COc1ccc(-c2cc(-c3ccc(OCC#CC#CC#CC)cc3)cc(-c3cc(C)cc(-c4cc(-c5ccc(OC#CC#CC#CC#C)cc5)cc(-c5ccc(OCC#CC#CC#CC)cc5)c4)c3)c2)cc1.CCCCC(CC)COc1ccc(-c2cc(-c3ccc(OCC(CC)CCCC)cc3)cc(-c3cc[c-]c(-c4ccccn4)c3)c2)cc1.[Ir]. The van der Waals surface area contributed by atoms with Gasteiger partial charge in [0.2, 0.25) is 0 Å². The largest absolute Gasteiger partial charge is 0.493 e. The Balaban J connectivity index is 0.000000297. The molecule has 0 spiro atoms. The molecule has 2 unspecified atom stereocenters. The first-order chi connectivity index (χ1) is 62.5. The predicted octanol–water partition coefficient (Wildman–Crippen LogP) is 25.5. The van der Waals surface area contributed by atoms with E-state index in [-0.39, 0.29) is 33.3 Å². The number of ether oxygens (including phenoxy) is 6. The van der Waals surface area contributed by atoms with Gasteiger partial charge in [0.1, 0.15) is 59.9 Å². The Kier molecular flexibility index (Phi) is 38.5. The van der Waals surface area contributed by atoms with Crippen LogP contribution in [0.5, 0.6) is 34.5 Å². The van der Waals surface area contributed by atoms with Gasteiger partial charge in [-0.2, -0.15) is 0 Å². The third-order valence-electron chi connectivity index (χ3n) is 20.3. The van der Waals surface area contributed by atoms with Crippen LogP contribution in [0.3, 0.4) is 0 Å². The fraction of sp³-hybridized carbons (Fsp3) is 0.175. The van der Waals surface area contributed by atoms with Gasteiger partial charge in [-0.15, -0.1) is 48.2 Å². The number of nitrogens with zero attached hydrogens (tertiary/aromatic N) is 1.